The fourth-order valence-electron chi connectivity index (χ4n) is 2.07. The van der Waals surface area contributed by atoms with Crippen molar-refractivity contribution >= 4 is 11.4 Å². The number of anilines is 2. The lowest BCUT2D eigenvalue weighted by Crippen LogP contribution is -2.07. The summed E-state index contributed by atoms with van der Waals surface area (Å²) in [5.74, 6) is 1.68. The molecule has 0 fully saturated rings. The first-order chi connectivity index (χ1) is 9.74. The van der Waals surface area contributed by atoms with E-state index in [2.05, 4.69) is 11.4 Å². The molecule has 20 heavy (non-hydrogen) atoms. The van der Waals surface area contributed by atoms with Crippen molar-refractivity contribution in [2.45, 2.75) is 6.42 Å². The maximum Gasteiger partial charge on any atom is 0.122 e. The van der Waals surface area contributed by atoms with Crippen LogP contribution in [0.4, 0.5) is 11.4 Å². The summed E-state index contributed by atoms with van der Waals surface area (Å²) in [7, 11) is 3.32. The second kappa shape index (κ2) is 6.70. The molecule has 0 aliphatic rings. The highest BCUT2D eigenvalue weighted by atomic mass is 16.5. The lowest BCUT2D eigenvalue weighted by atomic mass is 10.1. The van der Waals surface area contributed by atoms with Gasteiger partial charge in [0.25, 0.3) is 0 Å². The van der Waals surface area contributed by atoms with Gasteiger partial charge in [0.2, 0.25) is 0 Å². The van der Waals surface area contributed by atoms with Gasteiger partial charge in [-0.15, -0.1) is 0 Å². The highest BCUT2D eigenvalue weighted by Gasteiger charge is 2.03. The molecule has 0 unspecified atom stereocenters. The van der Waals surface area contributed by atoms with E-state index in [9.17, 15) is 0 Å². The molecular formula is C16H20N2O2. The SMILES string of the molecule is COc1ccc(NCCc2ccccc2OC)c(N)c1. The summed E-state index contributed by atoms with van der Waals surface area (Å²) in [6, 6.07) is 13.6. The molecule has 0 saturated carbocycles. The van der Waals surface area contributed by atoms with Crippen molar-refractivity contribution < 1.29 is 9.47 Å². The second-order valence-electron chi connectivity index (χ2n) is 4.44. The minimum absolute atomic E-state index is 0.685. The third-order valence-electron chi connectivity index (χ3n) is 3.16. The number of para-hydroxylation sites is 1. The number of benzene rings is 2. The summed E-state index contributed by atoms with van der Waals surface area (Å²) in [6.45, 7) is 0.789. The fourth-order valence-corrected chi connectivity index (χ4v) is 2.07. The number of ether oxygens (including phenoxy) is 2. The van der Waals surface area contributed by atoms with Gasteiger partial charge in [0.1, 0.15) is 11.5 Å². The first-order valence-corrected chi connectivity index (χ1v) is 6.54. The lowest BCUT2D eigenvalue weighted by Gasteiger charge is -2.12. The van der Waals surface area contributed by atoms with Crippen molar-refractivity contribution in [3.63, 3.8) is 0 Å². The molecule has 0 aliphatic heterocycles. The molecule has 106 valence electrons. The van der Waals surface area contributed by atoms with E-state index in [1.807, 2.05) is 36.4 Å². The zero-order valence-corrected chi connectivity index (χ0v) is 11.8. The van der Waals surface area contributed by atoms with Crippen LogP contribution in [0.5, 0.6) is 11.5 Å². The molecule has 4 nitrogen and oxygen atoms in total. The van der Waals surface area contributed by atoms with Crippen molar-refractivity contribution in [2.75, 3.05) is 31.8 Å². The number of nitrogens with one attached hydrogen (secondary N) is 1. The second-order valence-corrected chi connectivity index (χ2v) is 4.44. The van der Waals surface area contributed by atoms with Crippen LogP contribution in [0, 0.1) is 0 Å². The van der Waals surface area contributed by atoms with Crippen LogP contribution in [0.1, 0.15) is 5.56 Å². The van der Waals surface area contributed by atoms with Crippen LogP contribution < -0.4 is 20.5 Å². The number of rotatable bonds is 6. The Bertz CT molecular complexity index is 570. The molecule has 0 radical (unpaired) electrons. The Hall–Kier alpha value is -2.36. The lowest BCUT2D eigenvalue weighted by molar-refractivity contribution is 0.410. The van der Waals surface area contributed by atoms with Crippen molar-refractivity contribution in [2.24, 2.45) is 0 Å². The third-order valence-corrected chi connectivity index (χ3v) is 3.16. The summed E-state index contributed by atoms with van der Waals surface area (Å²) in [6.07, 6.45) is 0.871. The molecule has 0 spiro atoms. The number of hydrogen-bond donors (Lipinski definition) is 2. The Morgan fingerprint density at radius 1 is 1.05 bits per heavy atom. The van der Waals surface area contributed by atoms with Gasteiger partial charge >= 0.3 is 0 Å². The molecule has 0 bridgehead atoms. The van der Waals surface area contributed by atoms with E-state index >= 15 is 0 Å². The summed E-state index contributed by atoms with van der Waals surface area (Å²) in [4.78, 5) is 0. The Labute approximate surface area is 119 Å². The number of nitrogens with two attached hydrogens (primary N) is 1. The van der Waals surface area contributed by atoms with Crippen LogP contribution in [-0.4, -0.2) is 20.8 Å². The molecule has 0 heterocycles. The predicted molar refractivity (Wildman–Crippen MR) is 82.6 cm³/mol. The Balaban J connectivity index is 1.96. The Morgan fingerprint density at radius 2 is 1.85 bits per heavy atom. The van der Waals surface area contributed by atoms with Crippen LogP contribution in [0.15, 0.2) is 42.5 Å². The molecule has 0 amide bonds. The maximum atomic E-state index is 5.97. The van der Waals surface area contributed by atoms with Gasteiger partial charge in [-0.1, -0.05) is 18.2 Å². The first-order valence-electron chi connectivity index (χ1n) is 6.54. The van der Waals surface area contributed by atoms with Gasteiger partial charge in [0.15, 0.2) is 0 Å². The molecule has 0 atom stereocenters. The standard InChI is InChI=1S/C16H20N2O2/c1-19-13-7-8-15(14(17)11-13)18-10-9-12-5-3-4-6-16(12)20-2/h3-8,11,18H,9-10,17H2,1-2H3. The van der Waals surface area contributed by atoms with Gasteiger partial charge in [0.05, 0.1) is 25.6 Å². The topological polar surface area (TPSA) is 56.5 Å². The van der Waals surface area contributed by atoms with E-state index in [-0.39, 0.29) is 0 Å². The average molecular weight is 272 g/mol. The van der Waals surface area contributed by atoms with Gasteiger partial charge < -0.3 is 20.5 Å². The summed E-state index contributed by atoms with van der Waals surface area (Å²) >= 11 is 0. The van der Waals surface area contributed by atoms with Gasteiger partial charge in [0, 0.05) is 12.6 Å². The minimum atomic E-state index is 0.685. The van der Waals surface area contributed by atoms with Crippen LogP contribution in [-0.2, 0) is 6.42 Å². The van der Waals surface area contributed by atoms with Gasteiger partial charge in [-0.3, -0.25) is 0 Å². The zero-order chi connectivity index (χ0) is 14.4. The van der Waals surface area contributed by atoms with Gasteiger partial charge in [-0.25, -0.2) is 0 Å². The molecule has 0 saturated heterocycles. The quantitative estimate of drug-likeness (QED) is 0.794. The molecule has 2 rings (SSSR count). The normalized spacial score (nSPS) is 10.1. The molecule has 2 aromatic rings. The van der Waals surface area contributed by atoms with E-state index in [1.54, 1.807) is 14.2 Å². The van der Waals surface area contributed by atoms with Crippen LogP contribution in [0.3, 0.4) is 0 Å². The monoisotopic (exact) mass is 272 g/mol. The van der Waals surface area contributed by atoms with Gasteiger partial charge in [-0.2, -0.15) is 0 Å². The Kier molecular flexibility index (Phi) is 4.71. The highest BCUT2D eigenvalue weighted by molar-refractivity contribution is 5.68. The number of methoxy groups -OCH3 is 2. The van der Waals surface area contributed by atoms with Crippen LogP contribution in [0.25, 0.3) is 0 Å². The average Bonchev–Trinajstić information content (AvgIpc) is 2.49. The fraction of sp³-hybridized carbons (Fsp3) is 0.250. The van der Waals surface area contributed by atoms with Crippen LogP contribution in [0.2, 0.25) is 0 Å². The molecule has 4 heteroatoms. The molecular weight excluding hydrogens is 252 g/mol. The predicted octanol–water partition coefficient (Wildman–Crippen LogP) is 2.94. The van der Waals surface area contributed by atoms with E-state index in [1.165, 1.54) is 5.56 Å². The van der Waals surface area contributed by atoms with Crippen molar-refractivity contribution in [1.82, 2.24) is 0 Å². The summed E-state index contributed by atoms with van der Waals surface area (Å²) in [5.41, 5.74) is 8.74. The highest BCUT2D eigenvalue weighted by Crippen LogP contribution is 2.24. The first kappa shape index (κ1) is 14.1. The molecule has 0 aliphatic carbocycles. The van der Waals surface area contributed by atoms with E-state index in [0.29, 0.717) is 5.69 Å². The van der Waals surface area contributed by atoms with E-state index in [0.717, 1.165) is 30.2 Å². The molecule has 0 aromatic heterocycles. The number of hydrogen-bond acceptors (Lipinski definition) is 4. The zero-order valence-electron chi connectivity index (χ0n) is 11.8. The van der Waals surface area contributed by atoms with Gasteiger partial charge in [-0.05, 0) is 30.2 Å². The molecule has 3 N–H and O–H groups in total. The van der Waals surface area contributed by atoms with Crippen molar-refractivity contribution in [3.05, 3.63) is 48.0 Å². The summed E-state index contributed by atoms with van der Waals surface area (Å²) in [5, 5.41) is 3.33. The summed E-state index contributed by atoms with van der Waals surface area (Å²) < 4.78 is 10.5. The minimum Gasteiger partial charge on any atom is -0.497 e. The molecule has 2 aromatic carbocycles. The van der Waals surface area contributed by atoms with E-state index in [4.69, 9.17) is 15.2 Å². The van der Waals surface area contributed by atoms with Crippen LogP contribution >= 0.6 is 0 Å². The number of nitrogen functional groups attached to an aromatic ring is 1. The largest absolute Gasteiger partial charge is 0.497 e. The maximum absolute atomic E-state index is 5.97. The Morgan fingerprint density at radius 3 is 2.55 bits per heavy atom. The smallest absolute Gasteiger partial charge is 0.122 e. The third kappa shape index (κ3) is 3.35. The van der Waals surface area contributed by atoms with Crippen molar-refractivity contribution in [3.8, 4) is 11.5 Å². The van der Waals surface area contributed by atoms with E-state index < -0.39 is 0 Å². The van der Waals surface area contributed by atoms with Crippen molar-refractivity contribution in [1.29, 1.82) is 0 Å².